The van der Waals surface area contributed by atoms with Crippen molar-refractivity contribution in [2.75, 3.05) is 40.0 Å². The van der Waals surface area contributed by atoms with Crippen LogP contribution in [0.15, 0.2) is 0 Å². The van der Waals surface area contributed by atoms with Gasteiger partial charge < -0.3 is 18.9 Å². The van der Waals surface area contributed by atoms with E-state index in [2.05, 4.69) is 13.8 Å². The fourth-order valence-corrected chi connectivity index (χ4v) is 3.60. The standard InChI is InChI=1S/C11H18O4/c1-9(2)10(3-12-7-13-4-10)11(9)5-14-8-15-6-11/h3-8H2,1-2H3. The Labute approximate surface area is 89.8 Å². The normalized spacial score (nSPS) is 35.6. The summed E-state index contributed by atoms with van der Waals surface area (Å²) >= 11 is 0. The lowest BCUT2D eigenvalue weighted by atomic mass is 9.94. The molecule has 0 atom stereocenters. The molecule has 0 N–H and O–H groups in total. The minimum atomic E-state index is 0.0959. The fraction of sp³-hybridized carbons (Fsp3) is 1.00. The monoisotopic (exact) mass is 214 g/mol. The van der Waals surface area contributed by atoms with Crippen molar-refractivity contribution in [2.24, 2.45) is 16.2 Å². The quantitative estimate of drug-likeness (QED) is 0.603. The summed E-state index contributed by atoms with van der Waals surface area (Å²) in [5.74, 6) is 0. The van der Waals surface area contributed by atoms with Gasteiger partial charge in [-0.2, -0.15) is 0 Å². The lowest BCUT2D eigenvalue weighted by Crippen LogP contribution is -2.38. The molecule has 86 valence electrons. The Bertz CT molecular complexity index is 236. The van der Waals surface area contributed by atoms with Crippen molar-refractivity contribution in [3.63, 3.8) is 0 Å². The molecular weight excluding hydrogens is 196 g/mol. The lowest BCUT2D eigenvalue weighted by Gasteiger charge is -2.31. The summed E-state index contributed by atoms with van der Waals surface area (Å²) in [6.45, 7) is 8.47. The van der Waals surface area contributed by atoms with Crippen LogP contribution in [0.5, 0.6) is 0 Å². The maximum Gasteiger partial charge on any atom is 0.146 e. The molecular formula is C11H18O4. The number of hydrogen-bond donors (Lipinski definition) is 0. The molecule has 2 aliphatic heterocycles. The van der Waals surface area contributed by atoms with E-state index in [1.54, 1.807) is 0 Å². The van der Waals surface area contributed by atoms with E-state index < -0.39 is 0 Å². The van der Waals surface area contributed by atoms with Crippen molar-refractivity contribution in [1.82, 2.24) is 0 Å². The van der Waals surface area contributed by atoms with Crippen LogP contribution in [0.25, 0.3) is 0 Å². The summed E-state index contributed by atoms with van der Waals surface area (Å²) in [4.78, 5) is 0. The van der Waals surface area contributed by atoms with Crippen LogP contribution in [0, 0.1) is 16.2 Å². The van der Waals surface area contributed by atoms with Gasteiger partial charge in [0.05, 0.1) is 26.4 Å². The Morgan fingerprint density at radius 2 is 1.00 bits per heavy atom. The smallest absolute Gasteiger partial charge is 0.146 e. The molecule has 0 aromatic rings. The number of ether oxygens (including phenoxy) is 4. The highest BCUT2D eigenvalue weighted by Crippen LogP contribution is 2.79. The van der Waals surface area contributed by atoms with Gasteiger partial charge in [0.1, 0.15) is 13.6 Å². The summed E-state index contributed by atoms with van der Waals surface area (Å²) in [5.41, 5.74) is 0.373. The Kier molecular flexibility index (Phi) is 1.97. The zero-order valence-corrected chi connectivity index (χ0v) is 9.38. The molecule has 1 saturated carbocycles. The molecule has 0 unspecified atom stereocenters. The molecule has 0 aromatic heterocycles. The summed E-state index contributed by atoms with van der Waals surface area (Å²) in [5, 5.41) is 0. The number of rotatable bonds is 0. The SMILES string of the molecule is CC1(C)C2(COCOC2)C12COCOC2. The average Bonchev–Trinajstić information content (AvgIpc) is 2.63. The first-order chi connectivity index (χ1) is 7.16. The second-order valence-corrected chi connectivity index (χ2v) is 5.42. The van der Waals surface area contributed by atoms with Gasteiger partial charge in [0.2, 0.25) is 0 Å². The van der Waals surface area contributed by atoms with E-state index in [0.717, 1.165) is 26.4 Å². The van der Waals surface area contributed by atoms with Gasteiger partial charge in [-0.3, -0.25) is 0 Å². The third-order valence-electron chi connectivity index (χ3n) is 4.97. The second-order valence-electron chi connectivity index (χ2n) is 5.42. The van der Waals surface area contributed by atoms with E-state index in [4.69, 9.17) is 18.9 Å². The van der Waals surface area contributed by atoms with E-state index in [0.29, 0.717) is 13.6 Å². The molecule has 0 aromatic carbocycles. The molecule has 4 nitrogen and oxygen atoms in total. The van der Waals surface area contributed by atoms with Crippen LogP contribution in [0.1, 0.15) is 13.8 Å². The highest BCUT2D eigenvalue weighted by atomic mass is 16.7. The largest absolute Gasteiger partial charge is 0.355 e. The maximum atomic E-state index is 5.48. The van der Waals surface area contributed by atoms with Crippen molar-refractivity contribution in [2.45, 2.75) is 13.8 Å². The van der Waals surface area contributed by atoms with Crippen LogP contribution in [0.3, 0.4) is 0 Å². The van der Waals surface area contributed by atoms with Gasteiger partial charge in [0.15, 0.2) is 0 Å². The number of hydrogen-bond acceptors (Lipinski definition) is 4. The van der Waals surface area contributed by atoms with Crippen molar-refractivity contribution >= 4 is 0 Å². The Hall–Kier alpha value is -0.160. The van der Waals surface area contributed by atoms with E-state index in [1.165, 1.54) is 0 Å². The highest BCUT2D eigenvalue weighted by Gasteiger charge is 2.83. The van der Waals surface area contributed by atoms with Crippen molar-refractivity contribution in [3.8, 4) is 0 Å². The van der Waals surface area contributed by atoms with E-state index in [-0.39, 0.29) is 16.2 Å². The zero-order valence-electron chi connectivity index (χ0n) is 9.38. The predicted octanol–water partition coefficient (Wildman–Crippen LogP) is 1.01. The van der Waals surface area contributed by atoms with E-state index in [9.17, 15) is 0 Å². The highest BCUT2D eigenvalue weighted by molar-refractivity contribution is 5.28. The van der Waals surface area contributed by atoms with Gasteiger partial charge in [0.25, 0.3) is 0 Å². The molecule has 3 aliphatic rings. The van der Waals surface area contributed by atoms with Crippen molar-refractivity contribution in [1.29, 1.82) is 0 Å². The van der Waals surface area contributed by atoms with Crippen LogP contribution >= 0.6 is 0 Å². The predicted molar refractivity (Wildman–Crippen MR) is 52.2 cm³/mol. The Balaban J connectivity index is 1.90. The summed E-state index contributed by atoms with van der Waals surface area (Å²) in [7, 11) is 0. The topological polar surface area (TPSA) is 36.9 Å². The minimum absolute atomic E-state index is 0.0959. The molecule has 15 heavy (non-hydrogen) atoms. The van der Waals surface area contributed by atoms with Gasteiger partial charge in [-0.15, -0.1) is 0 Å². The fourth-order valence-electron chi connectivity index (χ4n) is 3.60. The van der Waals surface area contributed by atoms with Gasteiger partial charge in [0, 0.05) is 10.8 Å². The summed E-state index contributed by atoms with van der Waals surface area (Å²) in [6, 6.07) is 0. The van der Waals surface area contributed by atoms with Crippen LogP contribution < -0.4 is 0 Å². The molecule has 2 saturated heterocycles. The first kappa shape index (κ1) is 10.0. The molecule has 0 bridgehead atoms. The third kappa shape index (κ3) is 0.965. The van der Waals surface area contributed by atoms with Crippen LogP contribution in [0.2, 0.25) is 0 Å². The van der Waals surface area contributed by atoms with Crippen molar-refractivity contribution in [3.05, 3.63) is 0 Å². The summed E-state index contributed by atoms with van der Waals surface area (Å²) < 4.78 is 21.9. The van der Waals surface area contributed by atoms with Crippen LogP contribution in [-0.4, -0.2) is 40.0 Å². The minimum Gasteiger partial charge on any atom is -0.355 e. The van der Waals surface area contributed by atoms with Gasteiger partial charge in [-0.25, -0.2) is 0 Å². The van der Waals surface area contributed by atoms with Gasteiger partial charge in [-0.1, -0.05) is 13.8 Å². The molecule has 2 spiro atoms. The van der Waals surface area contributed by atoms with Crippen LogP contribution in [-0.2, 0) is 18.9 Å². The Morgan fingerprint density at radius 3 is 1.33 bits per heavy atom. The van der Waals surface area contributed by atoms with E-state index >= 15 is 0 Å². The third-order valence-corrected chi connectivity index (χ3v) is 4.97. The molecule has 0 radical (unpaired) electrons. The lowest BCUT2D eigenvalue weighted by molar-refractivity contribution is -0.183. The molecule has 1 aliphatic carbocycles. The molecule has 3 rings (SSSR count). The second kappa shape index (κ2) is 2.94. The van der Waals surface area contributed by atoms with E-state index in [1.807, 2.05) is 0 Å². The summed E-state index contributed by atoms with van der Waals surface area (Å²) in [6.07, 6.45) is 0. The zero-order chi connectivity index (χ0) is 10.6. The Morgan fingerprint density at radius 1 is 0.667 bits per heavy atom. The van der Waals surface area contributed by atoms with Gasteiger partial charge in [-0.05, 0) is 5.41 Å². The van der Waals surface area contributed by atoms with Crippen molar-refractivity contribution < 1.29 is 18.9 Å². The molecule has 2 heterocycles. The first-order valence-electron chi connectivity index (χ1n) is 5.47. The van der Waals surface area contributed by atoms with Gasteiger partial charge >= 0.3 is 0 Å². The molecule has 0 amide bonds. The maximum absolute atomic E-state index is 5.48. The average molecular weight is 214 g/mol. The first-order valence-corrected chi connectivity index (χ1v) is 5.47. The molecule has 3 fully saturated rings. The molecule has 4 heteroatoms. The number of fused-ring (bicyclic) bond motifs is 1. The van der Waals surface area contributed by atoms with Crippen LogP contribution in [0.4, 0.5) is 0 Å².